The first kappa shape index (κ1) is 19.1. The van der Waals surface area contributed by atoms with Gasteiger partial charge >= 0.3 is 0 Å². The zero-order valence-corrected chi connectivity index (χ0v) is 15.8. The lowest BCUT2D eigenvalue weighted by molar-refractivity contribution is -0.140. The molecule has 27 heavy (non-hydrogen) atoms. The van der Waals surface area contributed by atoms with E-state index in [1.54, 1.807) is 36.4 Å². The van der Waals surface area contributed by atoms with Crippen molar-refractivity contribution in [3.05, 3.63) is 75.8 Å². The Morgan fingerprint density at radius 2 is 1.70 bits per heavy atom. The Kier molecular flexibility index (Phi) is 5.35. The lowest BCUT2D eigenvalue weighted by Gasteiger charge is -2.26. The van der Waals surface area contributed by atoms with E-state index in [2.05, 4.69) is 0 Å². The molecule has 0 spiro atoms. The van der Waals surface area contributed by atoms with E-state index in [1.807, 2.05) is 19.1 Å². The summed E-state index contributed by atoms with van der Waals surface area (Å²) in [6, 6.07) is 13.0. The first-order valence-corrected chi connectivity index (χ1v) is 8.96. The van der Waals surface area contributed by atoms with Crippen LogP contribution in [0.5, 0.6) is 0 Å². The van der Waals surface area contributed by atoms with E-state index in [0.717, 1.165) is 5.56 Å². The summed E-state index contributed by atoms with van der Waals surface area (Å²) in [5.74, 6) is -1.75. The third-order valence-electron chi connectivity index (χ3n) is 4.51. The number of β-amino-alcohol motifs (C(OH)–C–C–N with tert-alkyl or cyclic N) is 1. The number of benzene rings is 2. The number of hydrogen-bond acceptors (Lipinski definition) is 4. The number of aliphatic hydroxyl groups is 2. The number of aryl methyl sites for hydroxylation is 1. The average molecular weight is 386 g/mol. The van der Waals surface area contributed by atoms with Crippen molar-refractivity contribution in [1.29, 1.82) is 0 Å². The van der Waals surface area contributed by atoms with E-state index in [4.69, 9.17) is 11.6 Å². The maximum atomic E-state index is 12.7. The molecule has 2 atom stereocenters. The molecule has 5 nitrogen and oxygen atoms in total. The highest BCUT2D eigenvalue weighted by Gasteiger charge is 2.46. The standard InChI is InChI=1S/C21H20ClNO4/c1-12-3-5-15(6-4-12)19(25)17-18(14-7-9-16(22)10-8-14)23(11-13(2)24)21(27)20(17)26/h3-10,13,18,24-25H,11H2,1-2H3. The third kappa shape index (κ3) is 3.75. The molecule has 2 aromatic rings. The molecule has 1 aliphatic heterocycles. The van der Waals surface area contributed by atoms with Crippen LogP contribution < -0.4 is 0 Å². The van der Waals surface area contributed by atoms with Gasteiger partial charge in [-0.05, 0) is 31.5 Å². The number of halogens is 1. The number of amides is 1. The molecule has 1 fully saturated rings. The highest BCUT2D eigenvalue weighted by atomic mass is 35.5. The number of aliphatic hydroxyl groups excluding tert-OH is 2. The second-order valence-corrected chi connectivity index (χ2v) is 7.15. The summed E-state index contributed by atoms with van der Waals surface area (Å²) in [6.07, 6.45) is -0.822. The smallest absolute Gasteiger partial charge is 0.295 e. The normalized spacial score (nSPS) is 20.1. The number of nitrogens with zero attached hydrogens (tertiary/aromatic N) is 1. The fourth-order valence-electron chi connectivity index (χ4n) is 3.21. The van der Waals surface area contributed by atoms with Crippen LogP contribution in [-0.4, -0.2) is 39.5 Å². The number of rotatable bonds is 4. The molecule has 140 valence electrons. The number of likely N-dealkylation sites (tertiary alicyclic amines) is 1. The first-order valence-electron chi connectivity index (χ1n) is 8.58. The molecule has 0 aliphatic carbocycles. The van der Waals surface area contributed by atoms with Gasteiger partial charge in [-0.25, -0.2) is 0 Å². The van der Waals surface area contributed by atoms with Crippen LogP contribution in [0, 0.1) is 6.92 Å². The molecule has 6 heteroatoms. The van der Waals surface area contributed by atoms with Gasteiger partial charge < -0.3 is 15.1 Å². The molecule has 0 aromatic heterocycles. The lowest BCUT2D eigenvalue weighted by Crippen LogP contribution is -2.35. The van der Waals surface area contributed by atoms with Gasteiger partial charge in [-0.1, -0.05) is 53.6 Å². The van der Waals surface area contributed by atoms with Crippen LogP contribution in [0.25, 0.3) is 5.76 Å². The number of Topliss-reactive ketones (excluding diaryl/α,β-unsaturated/α-hetero) is 1. The van der Waals surface area contributed by atoms with Gasteiger partial charge in [-0.15, -0.1) is 0 Å². The molecule has 1 saturated heterocycles. The lowest BCUT2D eigenvalue weighted by atomic mass is 9.95. The maximum absolute atomic E-state index is 12.7. The summed E-state index contributed by atoms with van der Waals surface area (Å²) in [7, 11) is 0. The molecular formula is C21H20ClNO4. The SMILES string of the molecule is Cc1ccc(C(O)=C2C(=O)C(=O)N(CC(C)O)C2c2ccc(Cl)cc2)cc1. The summed E-state index contributed by atoms with van der Waals surface area (Å²) in [6.45, 7) is 3.43. The molecule has 1 aliphatic rings. The summed E-state index contributed by atoms with van der Waals surface area (Å²) in [5.41, 5.74) is 2.10. The van der Waals surface area contributed by atoms with Crippen LogP contribution in [-0.2, 0) is 9.59 Å². The van der Waals surface area contributed by atoms with Gasteiger partial charge in [0.05, 0.1) is 17.7 Å². The number of hydrogen-bond donors (Lipinski definition) is 2. The van der Waals surface area contributed by atoms with Crippen molar-refractivity contribution in [2.45, 2.75) is 26.0 Å². The molecular weight excluding hydrogens is 366 g/mol. The van der Waals surface area contributed by atoms with E-state index in [0.29, 0.717) is 16.1 Å². The number of carbonyl (C=O) groups excluding carboxylic acids is 2. The topological polar surface area (TPSA) is 77.8 Å². The van der Waals surface area contributed by atoms with Crippen LogP contribution in [0.4, 0.5) is 0 Å². The van der Waals surface area contributed by atoms with Gasteiger partial charge in [-0.3, -0.25) is 9.59 Å². The van der Waals surface area contributed by atoms with E-state index >= 15 is 0 Å². The first-order chi connectivity index (χ1) is 12.8. The summed E-state index contributed by atoms with van der Waals surface area (Å²) < 4.78 is 0. The van der Waals surface area contributed by atoms with Gasteiger partial charge in [0.2, 0.25) is 0 Å². The molecule has 2 aromatic carbocycles. The van der Waals surface area contributed by atoms with Crippen LogP contribution in [0.15, 0.2) is 54.1 Å². The van der Waals surface area contributed by atoms with E-state index in [1.165, 1.54) is 11.8 Å². The number of ketones is 1. The van der Waals surface area contributed by atoms with Gasteiger partial charge in [-0.2, -0.15) is 0 Å². The second kappa shape index (κ2) is 7.55. The van der Waals surface area contributed by atoms with Crippen LogP contribution in [0.2, 0.25) is 5.02 Å². The highest BCUT2D eigenvalue weighted by molar-refractivity contribution is 6.46. The predicted molar refractivity (Wildman–Crippen MR) is 103 cm³/mol. The largest absolute Gasteiger partial charge is 0.507 e. The van der Waals surface area contributed by atoms with Crippen molar-refractivity contribution in [2.24, 2.45) is 0 Å². The quantitative estimate of drug-likeness (QED) is 0.480. The maximum Gasteiger partial charge on any atom is 0.295 e. The summed E-state index contributed by atoms with van der Waals surface area (Å²) in [4.78, 5) is 26.6. The Hall–Kier alpha value is -2.63. The highest BCUT2D eigenvalue weighted by Crippen LogP contribution is 2.39. The minimum absolute atomic E-state index is 0.00632. The van der Waals surface area contributed by atoms with Crippen molar-refractivity contribution in [3.63, 3.8) is 0 Å². The Bertz CT molecular complexity index is 901. The Morgan fingerprint density at radius 1 is 1.11 bits per heavy atom. The fourth-order valence-corrected chi connectivity index (χ4v) is 3.34. The van der Waals surface area contributed by atoms with Crippen molar-refractivity contribution in [3.8, 4) is 0 Å². The van der Waals surface area contributed by atoms with Crippen LogP contribution >= 0.6 is 11.6 Å². The Balaban J connectivity index is 2.17. The molecule has 2 unspecified atom stereocenters. The Labute approximate surface area is 162 Å². The molecule has 1 amide bonds. The minimum atomic E-state index is -0.822. The summed E-state index contributed by atoms with van der Waals surface area (Å²) in [5, 5.41) is 21.1. The molecule has 0 radical (unpaired) electrons. The monoisotopic (exact) mass is 385 g/mol. The molecule has 1 heterocycles. The van der Waals surface area contributed by atoms with E-state index in [-0.39, 0.29) is 17.9 Å². The Morgan fingerprint density at radius 3 is 2.26 bits per heavy atom. The summed E-state index contributed by atoms with van der Waals surface area (Å²) >= 11 is 5.96. The van der Waals surface area contributed by atoms with Crippen LogP contribution in [0.1, 0.15) is 29.7 Å². The molecule has 0 bridgehead atoms. The van der Waals surface area contributed by atoms with E-state index in [9.17, 15) is 19.8 Å². The van der Waals surface area contributed by atoms with Gasteiger partial charge in [0.15, 0.2) is 0 Å². The second-order valence-electron chi connectivity index (χ2n) is 6.72. The van der Waals surface area contributed by atoms with Gasteiger partial charge in [0.1, 0.15) is 5.76 Å². The van der Waals surface area contributed by atoms with Crippen molar-refractivity contribution in [1.82, 2.24) is 4.90 Å². The van der Waals surface area contributed by atoms with Crippen molar-refractivity contribution >= 4 is 29.1 Å². The number of carbonyl (C=O) groups is 2. The zero-order valence-electron chi connectivity index (χ0n) is 15.0. The van der Waals surface area contributed by atoms with E-state index < -0.39 is 23.8 Å². The van der Waals surface area contributed by atoms with Gasteiger partial charge in [0.25, 0.3) is 11.7 Å². The minimum Gasteiger partial charge on any atom is -0.507 e. The zero-order chi connectivity index (χ0) is 19.7. The van der Waals surface area contributed by atoms with Crippen molar-refractivity contribution in [2.75, 3.05) is 6.54 Å². The molecule has 2 N–H and O–H groups in total. The van der Waals surface area contributed by atoms with Crippen molar-refractivity contribution < 1.29 is 19.8 Å². The molecule has 3 rings (SSSR count). The van der Waals surface area contributed by atoms with Crippen LogP contribution in [0.3, 0.4) is 0 Å². The average Bonchev–Trinajstić information content (AvgIpc) is 2.87. The fraction of sp³-hybridized carbons (Fsp3) is 0.238. The predicted octanol–water partition coefficient (Wildman–Crippen LogP) is 3.45. The van der Waals surface area contributed by atoms with Gasteiger partial charge in [0, 0.05) is 17.1 Å². The molecule has 0 saturated carbocycles. The third-order valence-corrected chi connectivity index (χ3v) is 4.76.